The summed E-state index contributed by atoms with van der Waals surface area (Å²) in [5.41, 5.74) is 1.10. The number of carbonyl (C=O) groups excluding carboxylic acids is 1. The van der Waals surface area contributed by atoms with E-state index in [1.807, 2.05) is 12.1 Å². The Labute approximate surface area is 146 Å². The van der Waals surface area contributed by atoms with Crippen LogP contribution in [0, 0.1) is 11.7 Å². The number of amides is 1. The molecule has 1 aliphatic rings. The SMILES string of the molecule is Cn1cccc(C(=O)N2CCCC(CCc3ccc(F)cc3)C2)c1=O. The summed E-state index contributed by atoms with van der Waals surface area (Å²) < 4.78 is 14.4. The molecule has 1 aromatic carbocycles. The predicted molar refractivity (Wildman–Crippen MR) is 95.0 cm³/mol. The van der Waals surface area contributed by atoms with Crippen molar-refractivity contribution in [1.82, 2.24) is 9.47 Å². The lowest BCUT2D eigenvalue weighted by Gasteiger charge is -2.32. The van der Waals surface area contributed by atoms with Gasteiger partial charge < -0.3 is 9.47 Å². The van der Waals surface area contributed by atoms with E-state index in [0.29, 0.717) is 19.0 Å². The first kappa shape index (κ1) is 17.4. The minimum atomic E-state index is -0.249. The zero-order valence-corrected chi connectivity index (χ0v) is 14.5. The molecule has 2 aromatic rings. The zero-order valence-electron chi connectivity index (χ0n) is 14.5. The van der Waals surface area contributed by atoms with Gasteiger partial charge in [0.25, 0.3) is 11.5 Å². The van der Waals surface area contributed by atoms with E-state index < -0.39 is 0 Å². The molecule has 1 fully saturated rings. The molecule has 1 amide bonds. The highest BCUT2D eigenvalue weighted by atomic mass is 19.1. The van der Waals surface area contributed by atoms with Gasteiger partial charge in [0.1, 0.15) is 11.4 Å². The van der Waals surface area contributed by atoms with E-state index in [2.05, 4.69) is 0 Å². The lowest BCUT2D eigenvalue weighted by molar-refractivity contribution is 0.0666. The number of aromatic nitrogens is 1. The van der Waals surface area contributed by atoms with E-state index in [9.17, 15) is 14.0 Å². The van der Waals surface area contributed by atoms with Crippen LogP contribution in [-0.2, 0) is 13.5 Å². The van der Waals surface area contributed by atoms with Crippen molar-refractivity contribution in [3.63, 3.8) is 0 Å². The van der Waals surface area contributed by atoms with Gasteiger partial charge in [-0.15, -0.1) is 0 Å². The number of pyridine rings is 1. The maximum atomic E-state index is 13.0. The van der Waals surface area contributed by atoms with Gasteiger partial charge in [-0.05, 0) is 61.4 Å². The summed E-state index contributed by atoms with van der Waals surface area (Å²) in [5.74, 6) is 0.0191. The second-order valence-electron chi connectivity index (χ2n) is 6.76. The van der Waals surface area contributed by atoms with Gasteiger partial charge in [0, 0.05) is 26.3 Å². The normalized spacial score (nSPS) is 17.5. The van der Waals surface area contributed by atoms with Crippen LogP contribution in [0.4, 0.5) is 4.39 Å². The van der Waals surface area contributed by atoms with Gasteiger partial charge in [-0.1, -0.05) is 12.1 Å². The number of aryl methyl sites for hydroxylation is 2. The van der Waals surface area contributed by atoms with Gasteiger partial charge in [-0.3, -0.25) is 9.59 Å². The molecule has 1 aliphatic heterocycles. The number of halogens is 1. The quantitative estimate of drug-likeness (QED) is 0.857. The Kier molecular flexibility index (Phi) is 5.31. The molecule has 1 atom stereocenters. The van der Waals surface area contributed by atoms with Gasteiger partial charge in [0.2, 0.25) is 0 Å². The molecule has 0 saturated carbocycles. The Bertz CT molecular complexity index is 798. The van der Waals surface area contributed by atoms with E-state index in [4.69, 9.17) is 0 Å². The molecule has 0 N–H and O–H groups in total. The Hall–Kier alpha value is -2.43. The van der Waals surface area contributed by atoms with Crippen molar-refractivity contribution in [3.8, 4) is 0 Å². The van der Waals surface area contributed by atoms with Gasteiger partial charge in [0.05, 0.1) is 0 Å². The number of nitrogens with zero attached hydrogens (tertiary/aromatic N) is 2. The maximum absolute atomic E-state index is 13.0. The Balaban J connectivity index is 1.62. The standard InChI is InChI=1S/C20H23FN2O2/c1-22-12-3-5-18(19(22)24)20(25)23-13-2-4-16(14-23)7-6-15-8-10-17(21)11-9-15/h3,5,8-12,16H,2,4,6-7,13-14H2,1H3. The minimum absolute atomic E-state index is 0.173. The van der Waals surface area contributed by atoms with E-state index in [1.165, 1.54) is 16.7 Å². The molecule has 132 valence electrons. The van der Waals surface area contributed by atoms with E-state index >= 15 is 0 Å². The number of likely N-dealkylation sites (tertiary alicyclic amines) is 1. The van der Waals surface area contributed by atoms with E-state index in [1.54, 1.807) is 30.3 Å². The summed E-state index contributed by atoms with van der Waals surface area (Å²) >= 11 is 0. The molecule has 1 unspecified atom stereocenters. The highest BCUT2D eigenvalue weighted by Gasteiger charge is 2.25. The number of benzene rings is 1. The van der Waals surface area contributed by atoms with Crippen molar-refractivity contribution >= 4 is 5.91 Å². The second kappa shape index (κ2) is 7.64. The Morgan fingerprint density at radius 3 is 2.76 bits per heavy atom. The molecule has 3 rings (SSSR count). The first-order valence-corrected chi connectivity index (χ1v) is 8.74. The second-order valence-corrected chi connectivity index (χ2v) is 6.76. The fourth-order valence-electron chi connectivity index (χ4n) is 3.44. The monoisotopic (exact) mass is 342 g/mol. The van der Waals surface area contributed by atoms with Crippen LogP contribution in [-0.4, -0.2) is 28.5 Å². The lowest BCUT2D eigenvalue weighted by atomic mass is 9.91. The van der Waals surface area contributed by atoms with Crippen LogP contribution < -0.4 is 5.56 Å². The number of piperidine rings is 1. The fourth-order valence-corrected chi connectivity index (χ4v) is 3.44. The Morgan fingerprint density at radius 1 is 1.24 bits per heavy atom. The summed E-state index contributed by atoms with van der Waals surface area (Å²) in [6, 6.07) is 9.93. The van der Waals surface area contributed by atoms with Crippen LogP contribution in [0.3, 0.4) is 0 Å². The largest absolute Gasteiger partial charge is 0.338 e. The number of carbonyl (C=O) groups is 1. The van der Waals surface area contributed by atoms with Gasteiger partial charge in [-0.2, -0.15) is 0 Å². The minimum Gasteiger partial charge on any atom is -0.338 e. The van der Waals surface area contributed by atoms with Gasteiger partial charge in [0.15, 0.2) is 0 Å². The van der Waals surface area contributed by atoms with Crippen LogP contribution in [0.15, 0.2) is 47.4 Å². The summed E-state index contributed by atoms with van der Waals surface area (Å²) in [5, 5.41) is 0. The highest BCUT2D eigenvalue weighted by molar-refractivity contribution is 5.93. The first-order valence-electron chi connectivity index (χ1n) is 8.74. The molecule has 0 radical (unpaired) electrons. The average molecular weight is 342 g/mol. The van der Waals surface area contributed by atoms with Crippen molar-refractivity contribution in [3.05, 3.63) is 69.9 Å². The third kappa shape index (κ3) is 4.16. The summed E-state index contributed by atoms with van der Waals surface area (Å²) in [6.45, 7) is 1.38. The molecular formula is C20H23FN2O2. The Morgan fingerprint density at radius 2 is 2.00 bits per heavy atom. The summed E-state index contributed by atoms with van der Waals surface area (Å²) in [4.78, 5) is 26.7. The first-order chi connectivity index (χ1) is 12.0. The van der Waals surface area contributed by atoms with Crippen molar-refractivity contribution in [2.45, 2.75) is 25.7 Å². The molecule has 5 heteroatoms. The zero-order chi connectivity index (χ0) is 17.8. The van der Waals surface area contributed by atoms with Crippen LogP contribution in [0.2, 0.25) is 0 Å². The fraction of sp³-hybridized carbons (Fsp3) is 0.400. The molecule has 0 spiro atoms. The van der Waals surface area contributed by atoms with Crippen LogP contribution in [0.5, 0.6) is 0 Å². The van der Waals surface area contributed by atoms with Gasteiger partial charge >= 0.3 is 0 Å². The van der Waals surface area contributed by atoms with Gasteiger partial charge in [-0.25, -0.2) is 4.39 Å². The van der Waals surface area contributed by atoms with Crippen LogP contribution in [0.25, 0.3) is 0 Å². The number of hydrogen-bond donors (Lipinski definition) is 0. The third-order valence-corrected chi connectivity index (χ3v) is 4.91. The number of rotatable bonds is 4. The number of hydrogen-bond acceptors (Lipinski definition) is 2. The van der Waals surface area contributed by atoms with Crippen LogP contribution >= 0.6 is 0 Å². The molecule has 1 saturated heterocycles. The lowest BCUT2D eigenvalue weighted by Crippen LogP contribution is -2.42. The molecular weight excluding hydrogens is 319 g/mol. The van der Waals surface area contributed by atoms with Crippen molar-refractivity contribution < 1.29 is 9.18 Å². The average Bonchev–Trinajstić information content (AvgIpc) is 2.63. The molecule has 25 heavy (non-hydrogen) atoms. The predicted octanol–water partition coefficient (Wildman–Crippen LogP) is 3.01. The molecule has 0 bridgehead atoms. The summed E-state index contributed by atoms with van der Waals surface area (Å²) in [6.07, 6.45) is 5.52. The van der Waals surface area contributed by atoms with Crippen molar-refractivity contribution in [2.75, 3.05) is 13.1 Å². The molecule has 4 nitrogen and oxygen atoms in total. The van der Waals surface area contributed by atoms with E-state index in [0.717, 1.165) is 31.2 Å². The molecule has 1 aromatic heterocycles. The molecule has 0 aliphatic carbocycles. The summed E-state index contributed by atoms with van der Waals surface area (Å²) in [7, 11) is 1.65. The highest BCUT2D eigenvalue weighted by Crippen LogP contribution is 2.22. The third-order valence-electron chi connectivity index (χ3n) is 4.91. The van der Waals surface area contributed by atoms with Crippen LogP contribution in [0.1, 0.15) is 35.2 Å². The molecule has 2 heterocycles. The topological polar surface area (TPSA) is 42.3 Å². The smallest absolute Gasteiger partial charge is 0.263 e. The maximum Gasteiger partial charge on any atom is 0.263 e. The van der Waals surface area contributed by atoms with Crippen molar-refractivity contribution in [2.24, 2.45) is 13.0 Å². The van der Waals surface area contributed by atoms with E-state index in [-0.39, 0.29) is 22.8 Å². The van der Waals surface area contributed by atoms with Crippen molar-refractivity contribution in [1.29, 1.82) is 0 Å².